The van der Waals surface area contributed by atoms with Crippen molar-refractivity contribution in [2.24, 2.45) is 0 Å². The molecule has 0 atom stereocenters. The van der Waals surface area contributed by atoms with E-state index < -0.39 is 0 Å². The van der Waals surface area contributed by atoms with Crippen LogP contribution in [0.15, 0.2) is 24.3 Å². The summed E-state index contributed by atoms with van der Waals surface area (Å²) >= 11 is 5.28. The standard InChI is InChI=1S/C8H7ClNO/c9-6-8(11)10-7-4-2-1-3-5-7/h1-2,4-5H,6H2,(H,10,11). The van der Waals surface area contributed by atoms with Crippen molar-refractivity contribution in [2.75, 3.05) is 11.2 Å². The second-order valence-corrected chi connectivity index (χ2v) is 2.24. The lowest BCUT2D eigenvalue weighted by atomic mass is 10.3. The lowest BCUT2D eigenvalue weighted by Gasteiger charge is -1.99. The number of halogens is 1. The number of rotatable bonds is 2. The lowest BCUT2D eigenvalue weighted by molar-refractivity contribution is -0.113. The minimum Gasteiger partial charge on any atom is -0.325 e. The lowest BCUT2D eigenvalue weighted by Crippen LogP contribution is -2.12. The zero-order valence-electron chi connectivity index (χ0n) is 5.80. The van der Waals surface area contributed by atoms with Gasteiger partial charge in [-0.15, -0.1) is 11.6 Å². The van der Waals surface area contributed by atoms with Gasteiger partial charge in [0.2, 0.25) is 5.91 Å². The van der Waals surface area contributed by atoms with Crippen molar-refractivity contribution in [2.45, 2.75) is 0 Å². The summed E-state index contributed by atoms with van der Waals surface area (Å²) in [4.78, 5) is 10.7. The molecular weight excluding hydrogens is 162 g/mol. The largest absolute Gasteiger partial charge is 0.325 e. The van der Waals surface area contributed by atoms with Gasteiger partial charge in [-0.3, -0.25) is 4.79 Å². The molecular formula is C8H7ClNO. The molecule has 3 heteroatoms. The fraction of sp³-hybridized carbons (Fsp3) is 0.125. The van der Waals surface area contributed by atoms with Gasteiger partial charge in [-0.2, -0.15) is 0 Å². The van der Waals surface area contributed by atoms with Crippen LogP contribution in [0.25, 0.3) is 0 Å². The fourth-order valence-electron chi connectivity index (χ4n) is 0.665. The molecule has 0 aliphatic carbocycles. The van der Waals surface area contributed by atoms with Crippen molar-refractivity contribution in [3.05, 3.63) is 30.3 Å². The normalized spacial score (nSPS) is 9.18. The maximum absolute atomic E-state index is 10.7. The van der Waals surface area contributed by atoms with Crippen LogP contribution in [0.3, 0.4) is 0 Å². The average molecular weight is 169 g/mol. The molecule has 0 spiro atoms. The molecule has 1 amide bonds. The average Bonchev–Trinajstić information content (AvgIpc) is 2.06. The van der Waals surface area contributed by atoms with Crippen molar-refractivity contribution in [3.8, 4) is 0 Å². The Morgan fingerprint density at radius 3 is 3.09 bits per heavy atom. The summed E-state index contributed by atoms with van der Waals surface area (Å²) in [7, 11) is 0. The first-order chi connectivity index (χ1) is 5.33. The number of benzene rings is 1. The van der Waals surface area contributed by atoms with Gasteiger partial charge in [-0.05, 0) is 18.2 Å². The molecule has 0 heterocycles. The van der Waals surface area contributed by atoms with Crippen molar-refractivity contribution in [1.29, 1.82) is 0 Å². The summed E-state index contributed by atoms with van der Waals surface area (Å²) in [6.07, 6.45) is 0. The smallest absolute Gasteiger partial charge is 0.239 e. The fourth-order valence-corrected chi connectivity index (χ4v) is 0.732. The number of hydrogen-bond acceptors (Lipinski definition) is 1. The Labute approximate surface area is 70.2 Å². The monoisotopic (exact) mass is 168 g/mol. The first kappa shape index (κ1) is 8.08. The van der Waals surface area contributed by atoms with E-state index >= 15 is 0 Å². The molecule has 0 saturated heterocycles. The second-order valence-electron chi connectivity index (χ2n) is 1.97. The summed E-state index contributed by atoms with van der Waals surface area (Å²) in [6, 6.07) is 9.85. The van der Waals surface area contributed by atoms with E-state index in [4.69, 9.17) is 11.6 Å². The number of carbonyl (C=O) groups is 1. The predicted molar refractivity (Wildman–Crippen MR) is 44.6 cm³/mol. The third kappa shape index (κ3) is 2.60. The van der Waals surface area contributed by atoms with E-state index in [0.29, 0.717) is 0 Å². The van der Waals surface area contributed by atoms with E-state index in [1.54, 1.807) is 24.3 Å². The molecule has 0 saturated carbocycles. The van der Waals surface area contributed by atoms with E-state index in [0.717, 1.165) is 5.69 Å². The van der Waals surface area contributed by atoms with Crippen molar-refractivity contribution < 1.29 is 4.79 Å². The molecule has 57 valence electrons. The topological polar surface area (TPSA) is 29.1 Å². The highest BCUT2D eigenvalue weighted by Gasteiger charge is 1.96. The van der Waals surface area contributed by atoms with Gasteiger partial charge in [0.25, 0.3) is 0 Å². The summed E-state index contributed by atoms with van der Waals surface area (Å²) in [5.74, 6) is -0.221. The first-order valence-electron chi connectivity index (χ1n) is 3.15. The molecule has 0 aliphatic rings. The van der Waals surface area contributed by atoms with Crippen LogP contribution < -0.4 is 5.32 Å². The van der Waals surface area contributed by atoms with E-state index in [2.05, 4.69) is 11.4 Å². The van der Waals surface area contributed by atoms with E-state index in [-0.39, 0.29) is 11.8 Å². The van der Waals surface area contributed by atoms with Gasteiger partial charge in [0.15, 0.2) is 0 Å². The molecule has 1 aromatic rings. The van der Waals surface area contributed by atoms with Gasteiger partial charge in [0.1, 0.15) is 5.88 Å². The summed E-state index contributed by atoms with van der Waals surface area (Å²) in [5, 5.41) is 2.59. The minimum atomic E-state index is -0.203. The zero-order chi connectivity index (χ0) is 8.10. The number of anilines is 1. The SMILES string of the molecule is O=C(CCl)Nc1c[c]ccc1. The predicted octanol–water partition coefficient (Wildman–Crippen LogP) is 1.66. The molecule has 0 bridgehead atoms. The molecule has 1 rings (SSSR count). The van der Waals surface area contributed by atoms with Gasteiger partial charge in [0, 0.05) is 5.69 Å². The summed E-state index contributed by atoms with van der Waals surface area (Å²) < 4.78 is 0. The molecule has 1 aromatic carbocycles. The minimum absolute atomic E-state index is 0.0190. The third-order valence-corrected chi connectivity index (χ3v) is 1.35. The molecule has 0 unspecified atom stereocenters. The van der Waals surface area contributed by atoms with Crippen molar-refractivity contribution in [1.82, 2.24) is 0 Å². The maximum Gasteiger partial charge on any atom is 0.239 e. The van der Waals surface area contributed by atoms with Crippen LogP contribution in [0.1, 0.15) is 0 Å². The zero-order valence-corrected chi connectivity index (χ0v) is 6.56. The quantitative estimate of drug-likeness (QED) is 0.669. The number of nitrogens with one attached hydrogen (secondary N) is 1. The Kier molecular flexibility index (Phi) is 2.93. The summed E-state index contributed by atoms with van der Waals surface area (Å²) in [6.45, 7) is 0. The highest BCUT2D eigenvalue weighted by Crippen LogP contribution is 2.03. The number of alkyl halides is 1. The van der Waals surface area contributed by atoms with Gasteiger partial charge < -0.3 is 5.32 Å². The van der Waals surface area contributed by atoms with Gasteiger partial charge in [-0.1, -0.05) is 12.1 Å². The molecule has 11 heavy (non-hydrogen) atoms. The third-order valence-electron chi connectivity index (χ3n) is 1.11. The number of hydrogen-bond donors (Lipinski definition) is 1. The van der Waals surface area contributed by atoms with Crippen LogP contribution >= 0.6 is 11.6 Å². The van der Waals surface area contributed by atoms with Crippen molar-refractivity contribution >= 4 is 23.2 Å². The molecule has 0 fully saturated rings. The van der Waals surface area contributed by atoms with Crippen LogP contribution in [0.4, 0.5) is 5.69 Å². The Bertz CT molecular complexity index is 235. The van der Waals surface area contributed by atoms with Gasteiger partial charge in [-0.25, -0.2) is 0 Å². The van der Waals surface area contributed by atoms with Crippen LogP contribution in [-0.4, -0.2) is 11.8 Å². The van der Waals surface area contributed by atoms with Crippen LogP contribution in [-0.2, 0) is 4.79 Å². The van der Waals surface area contributed by atoms with Crippen LogP contribution in [0, 0.1) is 6.07 Å². The number of amides is 1. The van der Waals surface area contributed by atoms with E-state index in [1.165, 1.54) is 0 Å². The Balaban J connectivity index is 2.58. The van der Waals surface area contributed by atoms with Gasteiger partial charge in [0.05, 0.1) is 0 Å². The highest BCUT2D eigenvalue weighted by molar-refractivity contribution is 6.29. The molecule has 1 radical (unpaired) electrons. The first-order valence-corrected chi connectivity index (χ1v) is 3.68. The maximum atomic E-state index is 10.7. The molecule has 2 nitrogen and oxygen atoms in total. The van der Waals surface area contributed by atoms with E-state index in [1.807, 2.05) is 0 Å². The second kappa shape index (κ2) is 3.98. The van der Waals surface area contributed by atoms with Gasteiger partial charge >= 0.3 is 0 Å². The van der Waals surface area contributed by atoms with Crippen molar-refractivity contribution in [3.63, 3.8) is 0 Å². The highest BCUT2D eigenvalue weighted by atomic mass is 35.5. The summed E-state index contributed by atoms with van der Waals surface area (Å²) in [5.41, 5.74) is 0.721. The van der Waals surface area contributed by atoms with Crippen LogP contribution in [0.5, 0.6) is 0 Å². The number of carbonyl (C=O) groups excluding carboxylic acids is 1. The molecule has 0 aromatic heterocycles. The Hall–Kier alpha value is -1.02. The molecule has 0 aliphatic heterocycles. The van der Waals surface area contributed by atoms with E-state index in [9.17, 15) is 4.79 Å². The van der Waals surface area contributed by atoms with Crippen LogP contribution in [0.2, 0.25) is 0 Å². The Morgan fingerprint density at radius 1 is 1.73 bits per heavy atom. The Morgan fingerprint density at radius 2 is 2.55 bits per heavy atom. The molecule has 1 N–H and O–H groups in total.